The van der Waals surface area contributed by atoms with Crippen LogP contribution in [0.5, 0.6) is 0 Å². The predicted octanol–water partition coefficient (Wildman–Crippen LogP) is 1.81. The lowest BCUT2D eigenvalue weighted by molar-refractivity contribution is 0.296. The van der Waals surface area contributed by atoms with Gasteiger partial charge in [0.15, 0.2) is 9.84 Å². The highest BCUT2D eigenvalue weighted by Gasteiger charge is 2.27. The fraction of sp³-hybridized carbons (Fsp3) is 0.625. The Morgan fingerprint density at radius 1 is 1.14 bits per heavy atom. The van der Waals surface area contributed by atoms with E-state index in [0.29, 0.717) is 5.75 Å². The van der Waals surface area contributed by atoms with Crippen LogP contribution in [0, 0.1) is 0 Å². The summed E-state index contributed by atoms with van der Waals surface area (Å²) in [6.45, 7) is 8.22. The van der Waals surface area contributed by atoms with Gasteiger partial charge in [0.1, 0.15) is 0 Å². The highest BCUT2D eigenvalue weighted by atomic mass is 32.2. The van der Waals surface area contributed by atoms with Crippen LogP contribution in [-0.2, 0) is 22.9 Å². The van der Waals surface area contributed by atoms with Crippen LogP contribution < -0.4 is 5.32 Å². The Labute approximate surface area is 128 Å². The van der Waals surface area contributed by atoms with Gasteiger partial charge < -0.3 is 5.32 Å². The molecule has 1 heterocycles. The number of nitrogens with one attached hydrogen (secondary N) is 1. The van der Waals surface area contributed by atoms with Gasteiger partial charge in [0.2, 0.25) is 0 Å². The zero-order valence-electron chi connectivity index (χ0n) is 13.0. The normalized spacial score (nSPS) is 21.0. The van der Waals surface area contributed by atoms with Gasteiger partial charge in [-0.1, -0.05) is 38.1 Å². The van der Waals surface area contributed by atoms with Crippen LogP contribution in [0.4, 0.5) is 0 Å². The average molecular weight is 310 g/mol. The van der Waals surface area contributed by atoms with Crippen molar-refractivity contribution in [1.82, 2.24) is 10.2 Å². The summed E-state index contributed by atoms with van der Waals surface area (Å²) in [7, 11) is -2.79. The third-order valence-electron chi connectivity index (χ3n) is 4.15. The summed E-state index contributed by atoms with van der Waals surface area (Å²) in [6.07, 6.45) is 0.738. The third-order valence-corrected chi connectivity index (χ3v) is 5.92. The van der Waals surface area contributed by atoms with Gasteiger partial charge >= 0.3 is 0 Å². The van der Waals surface area contributed by atoms with Gasteiger partial charge in [-0.05, 0) is 30.6 Å². The fourth-order valence-corrected chi connectivity index (χ4v) is 4.39. The van der Waals surface area contributed by atoms with Crippen molar-refractivity contribution in [2.75, 3.05) is 24.6 Å². The van der Waals surface area contributed by atoms with E-state index in [1.54, 1.807) is 0 Å². The van der Waals surface area contributed by atoms with Crippen LogP contribution in [0.25, 0.3) is 0 Å². The standard InChI is InChI=1S/C16H26N2O2S/c1-3-18(4-2)12-15-7-5-14(6-8-15)11-17-16-9-10-21(19,20)13-16/h5-8,16-17H,3-4,9-13H2,1-2H3. The van der Waals surface area contributed by atoms with E-state index < -0.39 is 9.84 Å². The lowest BCUT2D eigenvalue weighted by Gasteiger charge is -2.18. The topological polar surface area (TPSA) is 49.4 Å². The molecule has 2 rings (SSSR count). The van der Waals surface area contributed by atoms with Crippen molar-refractivity contribution in [2.24, 2.45) is 0 Å². The highest BCUT2D eigenvalue weighted by molar-refractivity contribution is 7.91. The monoisotopic (exact) mass is 310 g/mol. The van der Waals surface area contributed by atoms with Gasteiger partial charge in [-0.15, -0.1) is 0 Å². The van der Waals surface area contributed by atoms with E-state index in [9.17, 15) is 8.42 Å². The summed E-state index contributed by atoms with van der Waals surface area (Å²) in [5.74, 6) is 0.612. The van der Waals surface area contributed by atoms with Gasteiger partial charge in [-0.2, -0.15) is 0 Å². The lowest BCUT2D eigenvalue weighted by Crippen LogP contribution is -2.29. The maximum atomic E-state index is 11.4. The molecule has 0 saturated carbocycles. The molecule has 1 fully saturated rings. The molecular weight excluding hydrogens is 284 g/mol. The molecule has 0 radical (unpaired) electrons. The largest absolute Gasteiger partial charge is 0.309 e. The molecular formula is C16H26N2O2S. The number of benzene rings is 1. The van der Waals surface area contributed by atoms with E-state index in [1.165, 1.54) is 11.1 Å². The molecule has 1 aromatic rings. The number of hydrogen-bond acceptors (Lipinski definition) is 4. The van der Waals surface area contributed by atoms with E-state index in [-0.39, 0.29) is 11.8 Å². The van der Waals surface area contributed by atoms with E-state index in [1.807, 2.05) is 0 Å². The van der Waals surface area contributed by atoms with E-state index in [0.717, 1.165) is 32.6 Å². The van der Waals surface area contributed by atoms with Crippen LogP contribution in [-0.4, -0.2) is 44.0 Å². The second-order valence-corrected chi connectivity index (χ2v) is 7.99. The minimum absolute atomic E-state index is 0.116. The van der Waals surface area contributed by atoms with Crippen LogP contribution in [0.1, 0.15) is 31.4 Å². The van der Waals surface area contributed by atoms with Crippen molar-refractivity contribution in [3.8, 4) is 0 Å². The average Bonchev–Trinajstić information content (AvgIpc) is 2.83. The smallest absolute Gasteiger partial charge is 0.151 e. The quantitative estimate of drug-likeness (QED) is 0.834. The van der Waals surface area contributed by atoms with Crippen molar-refractivity contribution in [3.63, 3.8) is 0 Å². The van der Waals surface area contributed by atoms with Gasteiger partial charge in [-0.3, -0.25) is 4.90 Å². The number of hydrogen-bond donors (Lipinski definition) is 1. The second-order valence-electron chi connectivity index (χ2n) is 5.76. The van der Waals surface area contributed by atoms with Gasteiger partial charge in [0.05, 0.1) is 11.5 Å². The predicted molar refractivity (Wildman–Crippen MR) is 87.0 cm³/mol. The summed E-state index contributed by atoms with van der Waals surface area (Å²) in [5, 5.41) is 3.35. The molecule has 1 aliphatic heterocycles. The molecule has 5 heteroatoms. The number of sulfone groups is 1. The Morgan fingerprint density at radius 2 is 1.76 bits per heavy atom. The molecule has 1 atom stereocenters. The first-order valence-corrected chi connectivity index (χ1v) is 9.58. The number of rotatable bonds is 7. The van der Waals surface area contributed by atoms with Crippen molar-refractivity contribution in [3.05, 3.63) is 35.4 Å². The zero-order valence-corrected chi connectivity index (χ0v) is 13.8. The lowest BCUT2D eigenvalue weighted by atomic mass is 10.1. The Kier molecular flexibility index (Phi) is 5.79. The van der Waals surface area contributed by atoms with Gasteiger partial charge in [-0.25, -0.2) is 8.42 Å². The Hall–Kier alpha value is -0.910. The first kappa shape index (κ1) is 16.5. The molecule has 1 N–H and O–H groups in total. The highest BCUT2D eigenvalue weighted by Crippen LogP contribution is 2.13. The Bertz CT molecular complexity index is 536. The van der Waals surface area contributed by atoms with Crippen molar-refractivity contribution in [2.45, 2.75) is 39.4 Å². The van der Waals surface area contributed by atoms with Crippen molar-refractivity contribution in [1.29, 1.82) is 0 Å². The fourth-order valence-electron chi connectivity index (χ4n) is 2.69. The molecule has 1 unspecified atom stereocenters. The van der Waals surface area contributed by atoms with Crippen LogP contribution >= 0.6 is 0 Å². The van der Waals surface area contributed by atoms with Crippen LogP contribution in [0.2, 0.25) is 0 Å². The SMILES string of the molecule is CCN(CC)Cc1ccc(CNC2CCS(=O)(=O)C2)cc1. The van der Waals surface area contributed by atoms with E-state index in [2.05, 4.69) is 48.3 Å². The Morgan fingerprint density at radius 3 is 2.29 bits per heavy atom. The molecule has 1 aliphatic rings. The van der Waals surface area contributed by atoms with Crippen LogP contribution in [0.15, 0.2) is 24.3 Å². The molecule has 1 saturated heterocycles. The molecule has 0 aliphatic carbocycles. The van der Waals surface area contributed by atoms with Gasteiger partial charge in [0.25, 0.3) is 0 Å². The second kappa shape index (κ2) is 7.38. The zero-order chi connectivity index (χ0) is 15.3. The molecule has 1 aromatic carbocycles. The summed E-state index contributed by atoms with van der Waals surface area (Å²) in [4.78, 5) is 2.39. The molecule has 118 valence electrons. The Balaban J connectivity index is 1.82. The first-order valence-electron chi connectivity index (χ1n) is 7.76. The molecule has 21 heavy (non-hydrogen) atoms. The third kappa shape index (κ3) is 5.09. The summed E-state index contributed by atoms with van der Waals surface area (Å²) in [5.41, 5.74) is 2.54. The van der Waals surface area contributed by atoms with E-state index in [4.69, 9.17) is 0 Å². The van der Waals surface area contributed by atoms with Crippen LogP contribution in [0.3, 0.4) is 0 Å². The minimum atomic E-state index is -2.79. The summed E-state index contributed by atoms with van der Waals surface area (Å²) < 4.78 is 22.8. The van der Waals surface area contributed by atoms with E-state index >= 15 is 0 Å². The molecule has 0 spiro atoms. The minimum Gasteiger partial charge on any atom is -0.309 e. The molecule has 0 amide bonds. The van der Waals surface area contributed by atoms with Crippen molar-refractivity contribution >= 4 is 9.84 Å². The summed E-state index contributed by atoms with van der Waals surface area (Å²) in [6, 6.07) is 8.72. The van der Waals surface area contributed by atoms with Crippen molar-refractivity contribution < 1.29 is 8.42 Å². The maximum absolute atomic E-state index is 11.4. The van der Waals surface area contributed by atoms with Gasteiger partial charge in [0, 0.05) is 19.1 Å². The molecule has 0 aromatic heterocycles. The molecule has 0 bridgehead atoms. The maximum Gasteiger partial charge on any atom is 0.151 e. The molecule has 4 nitrogen and oxygen atoms in total. The summed E-state index contributed by atoms with van der Waals surface area (Å²) >= 11 is 0. The first-order chi connectivity index (χ1) is 10.0. The number of nitrogens with zero attached hydrogens (tertiary/aromatic N) is 1.